The van der Waals surface area contributed by atoms with Crippen molar-refractivity contribution in [3.63, 3.8) is 0 Å². The van der Waals surface area contributed by atoms with Gasteiger partial charge < -0.3 is 10.1 Å². The van der Waals surface area contributed by atoms with Crippen molar-refractivity contribution in [1.29, 1.82) is 0 Å². The third-order valence-corrected chi connectivity index (χ3v) is 3.72. The molecule has 116 valence electrons. The van der Waals surface area contributed by atoms with Crippen LogP contribution in [-0.2, 0) is 11.3 Å². The average molecular weight is 319 g/mol. The number of hydrogen-bond acceptors (Lipinski definition) is 6. The van der Waals surface area contributed by atoms with E-state index in [4.69, 9.17) is 4.74 Å². The Morgan fingerprint density at radius 3 is 2.91 bits per heavy atom. The van der Waals surface area contributed by atoms with Crippen molar-refractivity contribution in [3.05, 3.63) is 42.5 Å². The molecule has 1 amide bonds. The summed E-state index contributed by atoms with van der Waals surface area (Å²) in [5.74, 6) is 0.981. The molecule has 0 saturated heterocycles. The van der Waals surface area contributed by atoms with Gasteiger partial charge >= 0.3 is 0 Å². The van der Waals surface area contributed by atoms with Gasteiger partial charge in [-0.05, 0) is 28.1 Å². The maximum atomic E-state index is 11.6. The van der Waals surface area contributed by atoms with Crippen LogP contribution in [-0.4, -0.2) is 45.5 Å². The SMILES string of the molecule is C=CCNC(=O)CSc1nnnn1Cc1ccc(OC)cc1. The van der Waals surface area contributed by atoms with E-state index in [1.54, 1.807) is 17.9 Å². The molecular formula is C14H17N5O2S. The summed E-state index contributed by atoms with van der Waals surface area (Å²) < 4.78 is 6.78. The van der Waals surface area contributed by atoms with Crippen LogP contribution in [0, 0.1) is 0 Å². The number of nitrogens with one attached hydrogen (secondary N) is 1. The van der Waals surface area contributed by atoms with Gasteiger partial charge in [0.15, 0.2) is 0 Å². The molecule has 0 bridgehead atoms. The predicted molar refractivity (Wildman–Crippen MR) is 83.8 cm³/mol. The highest BCUT2D eigenvalue weighted by atomic mass is 32.2. The quantitative estimate of drug-likeness (QED) is 0.580. The van der Waals surface area contributed by atoms with Crippen molar-refractivity contribution in [3.8, 4) is 5.75 Å². The number of benzene rings is 1. The molecule has 2 rings (SSSR count). The van der Waals surface area contributed by atoms with E-state index in [-0.39, 0.29) is 11.7 Å². The highest BCUT2D eigenvalue weighted by Crippen LogP contribution is 2.16. The standard InChI is InChI=1S/C14H17N5O2S/c1-3-8-15-13(20)10-22-14-16-17-18-19(14)9-11-4-6-12(21-2)7-5-11/h3-7H,1,8-10H2,2H3,(H,15,20). The highest BCUT2D eigenvalue weighted by Gasteiger charge is 2.10. The zero-order chi connectivity index (χ0) is 15.8. The Bertz CT molecular complexity index is 626. The van der Waals surface area contributed by atoms with Gasteiger partial charge in [-0.25, -0.2) is 4.68 Å². The lowest BCUT2D eigenvalue weighted by Crippen LogP contribution is -2.25. The summed E-state index contributed by atoms with van der Waals surface area (Å²) >= 11 is 1.29. The van der Waals surface area contributed by atoms with Gasteiger partial charge in [0.25, 0.3) is 0 Å². The van der Waals surface area contributed by atoms with Crippen molar-refractivity contribution in [2.45, 2.75) is 11.7 Å². The van der Waals surface area contributed by atoms with E-state index in [0.29, 0.717) is 18.2 Å². The average Bonchev–Trinajstić information content (AvgIpc) is 2.98. The molecular weight excluding hydrogens is 302 g/mol. The first-order valence-electron chi connectivity index (χ1n) is 6.62. The zero-order valence-electron chi connectivity index (χ0n) is 12.2. The largest absolute Gasteiger partial charge is 0.497 e. The monoisotopic (exact) mass is 319 g/mol. The number of amides is 1. The second-order valence-electron chi connectivity index (χ2n) is 4.35. The number of ether oxygens (including phenoxy) is 1. The van der Waals surface area contributed by atoms with Gasteiger partial charge in [-0.1, -0.05) is 30.0 Å². The van der Waals surface area contributed by atoms with Crippen molar-refractivity contribution in [2.24, 2.45) is 0 Å². The second-order valence-corrected chi connectivity index (χ2v) is 5.29. The van der Waals surface area contributed by atoms with Crippen molar-refractivity contribution >= 4 is 17.7 Å². The molecule has 7 nitrogen and oxygen atoms in total. The van der Waals surface area contributed by atoms with Gasteiger partial charge in [0, 0.05) is 6.54 Å². The number of rotatable bonds is 8. The molecule has 0 aliphatic rings. The Balaban J connectivity index is 1.93. The van der Waals surface area contributed by atoms with Gasteiger partial charge in [-0.2, -0.15) is 0 Å². The van der Waals surface area contributed by atoms with Crippen molar-refractivity contribution < 1.29 is 9.53 Å². The Morgan fingerprint density at radius 1 is 1.45 bits per heavy atom. The number of nitrogens with zero attached hydrogens (tertiary/aromatic N) is 4. The lowest BCUT2D eigenvalue weighted by Gasteiger charge is -2.06. The normalized spacial score (nSPS) is 10.2. The molecule has 0 spiro atoms. The molecule has 1 aromatic carbocycles. The number of hydrogen-bond donors (Lipinski definition) is 1. The van der Waals surface area contributed by atoms with Crippen LogP contribution in [0.4, 0.5) is 0 Å². The predicted octanol–water partition coefficient (Wildman–Crippen LogP) is 1.12. The van der Waals surface area contributed by atoms with E-state index in [1.807, 2.05) is 24.3 Å². The first kappa shape index (κ1) is 16.0. The van der Waals surface area contributed by atoms with Crippen LogP contribution in [0.15, 0.2) is 42.1 Å². The summed E-state index contributed by atoms with van der Waals surface area (Å²) in [4.78, 5) is 11.6. The van der Waals surface area contributed by atoms with E-state index in [9.17, 15) is 4.79 Å². The summed E-state index contributed by atoms with van der Waals surface area (Å²) in [6.07, 6.45) is 1.64. The molecule has 1 heterocycles. The van der Waals surface area contributed by atoms with Crippen LogP contribution in [0.1, 0.15) is 5.56 Å². The van der Waals surface area contributed by atoms with Crippen LogP contribution in [0.5, 0.6) is 5.75 Å². The zero-order valence-corrected chi connectivity index (χ0v) is 13.0. The molecule has 1 aromatic heterocycles. The van der Waals surface area contributed by atoms with E-state index >= 15 is 0 Å². The van der Waals surface area contributed by atoms with Crippen LogP contribution >= 0.6 is 11.8 Å². The third-order valence-electron chi connectivity index (χ3n) is 2.77. The fourth-order valence-corrected chi connectivity index (χ4v) is 2.38. The van der Waals surface area contributed by atoms with Gasteiger partial charge in [0.05, 0.1) is 19.4 Å². The molecule has 8 heteroatoms. The molecule has 2 aromatic rings. The summed E-state index contributed by atoms with van der Waals surface area (Å²) in [6.45, 7) is 4.54. The topological polar surface area (TPSA) is 81.9 Å². The van der Waals surface area contributed by atoms with Crippen LogP contribution in [0.25, 0.3) is 0 Å². The fraction of sp³-hybridized carbons (Fsp3) is 0.286. The van der Waals surface area contributed by atoms with Gasteiger partial charge in [0.2, 0.25) is 11.1 Å². The number of methoxy groups -OCH3 is 1. The maximum absolute atomic E-state index is 11.6. The highest BCUT2D eigenvalue weighted by molar-refractivity contribution is 7.99. The first-order valence-corrected chi connectivity index (χ1v) is 7.61. The minimum absolute atomic E-state index is 0.0797. The molecule has 0 aliphatic carbocycles. The molecule has 0 atom stereocenters. The third kappa shape index (κ3) is 4.59. The number of carbonyl (C=O) groups is 1. The minimum atomic E-state index is -0.0797. The Kier molecular flexibility index (Phi) is 5.96. The summed E-state index contributed by atoms with van der Waals surface area (Å²) in [5.41, 5.74) is 1.05. The molecule has 0 saturated carbocycles. The summed E-state index contributed by atoms with van der Waals surface area (Å²) in [7, 11) is 1.63. The van der Waals surface area contributed by atoms with Gasteiger partial charge in [-0.15, -0.1) is 11.7 Å². The van der Waals surface area contributed by atoms with Crippen molar-refractivity contribution in [2.75, 3.05) is 19.4 Å². The Morgan fingerprint density at radius 2 is 2.23 bits per heavy atom. The van der Waals surface area contributed by atoms with E-state index < -0.39 is 0 Å². The lowest BCUT2D eigenvalue weighted by atomic mass is 10.2. The lowest BCUT2D eigenvalue weighted by molar-refractivity contribution is -0.118. The molecule has 22 heavy (non-hydrogen) atoms. The van der Waals surface area contributed by atoms with Crippen LogP contribution < -0.4 is 10.1 Å². The molecule has 0 unspecified atom stereocenters. The number of tetrazole rings is 1. The first-order chi connectivity index (χ1) is 10.7. The Labute approximate surface area is 132 Å². The number of aromatic nitrogens is 4. The molecule has 0 fully saturated rings. The molecule has 0 aliphatic heterocycles. The summed E-state index contributed by atoms with van der Waals surface area (Å²) in [6, 6.07) is 7.67. The van der Waals surface area contributed by atoms with E-state index in [2.05, 4.69) is 27.4 Å². The van der Waals surface area contributed by atoms with Gasteiger partial charge in [0.1, 0.15) is 5.75 Å². The summed E-state index contributed by atoms with van der Waals surface area (Å²) in [5, 5.41) is 14.9. The van der Waals surface area contributed by atoms with Gasteiger partial charge in [-0.3, -0.25) is 4.79 Å². The Hall–Kier alpha value is -2.35. The minimum Gasteiger partial charge on any atom is -0.497 e. The smallest absolute Gasteiger partial charge is 0.230 e. The van der Waals surface area contributed by atoms with Crippen LogP contribution in [0.2, 0.25) is 0 Å². The number of thioether (sulfide) groups is 1. The van der Waals surface area contributed by atoms with E-state index in [1.165, 1.54) is 11.8 Å². The van der Waals surface area contributed by atoms with Crippen LogP contribution in [0.3, 0.4) is 0 Å². The number of carbonyl (C=O) groups excluding carboxylic acids is 1. The van der Waals surface area contributed by atoms with E-state index in [0.717, 1.165) is 11.3 Å². The van der Waals surface area contributed by atoms with Crippen molar-refractivity contribution in [1.82, 2.24) is 25.5 Å². The fourth-order valence-electron chi connectivity index (χ4n) is 1.67. The maximum Gasteiger partial charge on any atom is 0.230 e. The molecule has 1 N–H and O–H groups in total. The molecule has 0 radical (unpaired) electrons. The second kappa shape index (κ2) is 8.18.